The van der Waals surface area contributed by atoms with Gasteiger partial charge in [0, 0.05) is 19.1 Å². The summed E-state index contributed by atoms with van der Waals surface area (Å²) in [6.07, 6.45) is 3.24. The fraction of sp³-hybridized carbons (Fsp3) is 0.667. The number of carbonyl (C=O) groups excluding carboxylic acids is 1. The summed E-state index contributed by atoms with van der Waals surface area (Å²) >= 11 is 0. The number of anilines is 1. The molecule has 0 aromatic heterocycles. The van der Waals surface area contributed by atoms with Gasteiger partial charge in [0.2, 0.25) is 0 Å². The number of likely N-dealkylation sites (tertiary alicyclic amines) is 1. The van der Waals surface area contributed by atoms with Crippen LogP contribution in [0.3, 0.4) is 0 Å². The van der Waals surface area contributed by atoms with Gasteiger partial charge in [0.15, 0.2) is 5.79 Å². The van der Waals surface area contributed by atoms with Crippen molar-refractivity contribution in [2.24, 2.45) is 0 Å². The Bertz CT molecular complexity index is 713. The van der Waals surface area contributed by atoms with Crippen LogP contribution in [0.2, 0.25) is 0 Å². The number of ether oxygens (including phenoxy) is 2. The number of para-hydroxylation sites is 1. The molecule has 0 aliphatic carbocycles. The largest absolute Gasteiger partial charge is 0.347 e. The fourth-order valence-corrected chi connectivity index (χ4v) is 4.50. The van der Waals surface area contributed by atoms with E-state index >= 15 is 0 Å². The Balaban J connectivity index is 1.42. The van der Waals surface area contributed by atoms with Crippen LogP contribution in [-0.4, -0.2) is 92.1 Å². The zero-order valence-corrected chi connectivity index (χ0v) is 17.1. The Morgan fingerprint density at radius 2 is 1.86 bits per heavy atom. The van der Waals surface area contributed by atoms with Crippen LogP contribution in [0.25, 0.3) is 0 Å². The lowest BCUT2D eigenvalue weighted by Gasteiger charge is -2.45. The van der Waals surface area contributed by atoms with Gasteiger partial charge in [-0.25, -0.2) is 9.18 Å². The summed E-state index contributed by atoms with van der Waals surface area (Å²) in [7, 11) is 2.17. The lowest BCUT2D eigenvalue weighted by atomic mass is 10.0. The molecule has 3 aliphatic heterocycles. The number of halogens is 1. The van der Waals surface area contributed by atoms with Crippen molar-refractivity contribution in [1.82, 2.24) is 14.7 Å². The second kappa shape index (κ2) is 8.95. The number of benzene rings is 1. The van der Waals surface area contributed by atoms with Gasteiger partial charge in [-0.2, -0.15) is 0 Å². The summed E-state index contributed by atoms with van der Waals surface area (Å²) in [6, 6.07) is 6.41. The molecule has 1 aromatic rings. The van der Waals surface area contributed by atoms with E-state index in [0.717, 1.165) is 38.9 Å². The van der Waals surface area contributed by atoms with Crippen LogP contribution in [-0.2, 0) is 9.47 Å². The molecule has 7 nitrogen and oxygen atoms in total. The number of hydrogen-bond donors (Lipinski definition) is 1. The Hall–Kier alpha value is -1.74. The second-order valence-electron chi connectivity index (χ2n) is 8.30. The van der Waals surface area contributed by atoms with Gasteiger partial charge in [0.25, 0.3) is 0 Å². The number of urea groups is 1. The minimum absolute atomic E-state index is 0.188. The summed E-state index contributed by atoms with van der Waals surface area (Å²) < 4.78 is 26.2. The molecule has 1 N–H and O–H groups in total. The summed E-state index contributed by atoms with van der Waals surface area (Å²) in [5.41, 5.74) is 0.188. The minimum atomic E-state index is -0.815. The smallest absolute Gasteiger partial charge is 0.322 e. The molecule has 160 valence electrons. The molecule has 3 saturated heterocycles. The number of hydrogen-bond acceptors (Lipinski definition) is 5. The standard InChI is InChI=1S/C21H31FN4O3/c1-24-10-7-17(8-11-24)25-9-4-13-28-21(15-25)16-26(12-14-29-21)20(27)23-19-6-3-2-5-18(19)22/h2-3,5-6,17H,4,7-16H2,1H3,(H,23,27). The van der Waals surface area contributed by atoms with Crippen LogP contribution >= 0.6 is 0 Å². The highest BCUT2D eigenvalue weighted by molar-refractivity contribution is 5.89. The van der Waals surface area contributed by atoms with Crippen LogP contribution in [0.5, 0.6) is 0 Å². The number of rotatable bonds is 2. The predicted octanol–water partition coefficient (Wildman–Crippen LogP) is 2.20. The van der Waals surface area contributed by atoms with Crippen molar-refractivity contribution in [3.63, 3.8) is 0 Å². The number of piperidine rings is 1. The highest BCUT2D eigenvalue weighted by Crippen LogP contribution is 2.28. The second-order valence-corrected chi connectivity index (χ2v) is 8.30. The summed E-state index contributed by atoms with van der Waals surface area (Å²) in [5.74, 6) is -1.26. The van der Waals surface area contributed by atoms with Crippen molar-refractivity contribution in [2.45, 2.75) is 31.1 Å². The maximum absolute atomic E-state index is 13.9. The number of amides is 2. The lowest BCUT2D eigenvalue weighted by Crippen LogP contribution is -2.61. The molecular formula is C21H31FN4O3. The zero-order chi connectivity index (χ0) is 20.3. The molecular weight excluding hydrogens is 375 g/mol. The molecule has 1 aromatic carbocycles. The highest BCUT2D eigenvalue weighted by Gasteiger charge is 2.43. The van der Waals surface area contributed by atoms with Crippen molar-refractivity contribution >= 4 is 11.7 Å². The van der Waals surface area contributed by atoms with E-state index in [9.17, 15) is 9.18 Å². The number of morpholine rings is 1. The quantitative estimate of drug-likeness (QED) is 0.816. The first kappa shape index (κ1) is 20.5. The van der Waals surface area contributed by atoms with Crippen LogP contribution in [0.4, 0.5) is 14.9 Å². The topological polar surface area (TPSA) is 57.3 Å². The molecule has 8 heteroatoms. The molecule has 0 bridgehead atoms. The molecule has 3 fully saturated rings. The predicted molar refractivity (Wildman–Crippen MR) is 108 cm³/mol. The SMILES string of the molecule is CN1CCC(N2CCCOC3(CN(C(=O)Nc4ccccc4F)CCO3)C2)CC1. The fourth-order valence-electron chi connectivity index (χ4n) is 4.50. The zero-order valence-electron chi connectivity index (χ0n) is 17.1. The molecule has 3 aliphatic rings. The Morgan fingerprint density at radius 1 is 1.10 bits per heavy atom. The molecule has 0 saturated carbocycles. The number of nitrogens with one attached hydrogen (secondary N) is 1. The van der Waals surface area contributed by atoms with Crippen LogP contribution in [0.1, 0.15) is 19.3 Å². The first-order valence-electron chi connectivity index (χ1n) is 10.6. The first-order valence-corrected chi connectivity index (χ1v) is 10.6. The van der Waals surface area contributed by atoms with E-state index in [1.165, 1.54) is 6.07 Å². The van der Waals surface area contributed by atoms with E-state index in [2.05, 4.69) is 22.2 Å². The highest BCUT2D eigenvalue weighted by atomic mass is 19.1. The van der Waals surface area contributed by atoms with Crippen molar-refractivity contribution in [2.75, 3.05) is 64.8 Å². The Kier molecular flexibility index (Phi) is 6.34. The summed E-state index contributed by atoms with van der Waals surface area (Å²) in [6.45, 7) is 5.68. The average molecular weight is 407 g/mol. The van der Waals surface area contributed by atoms with Crippen molar-refractivity contribution in [1.29, 1.82) is 0 Å². The van der Waals surface area contributed by atoms with Gasteiger partial charge < -0.3 is 24.6 Å². The van der Waals surface area contributed by atoms with Crippen molar-refractivity contribution in [3.8, 4) is 0 Å². The Morgan fingerprint density at radius 3 is 2.66 bits per heavy atom. The van der Waals surface area contributed by atoms with Gasteiger partial charge in [-0.1, -0.05) is 12.1 Å². The van der Waals surface area contributed by atoms with Gasteiger partial charge in [-0.15, -0.1) is 0 Å². The number of carbonyl (C=O) groups is 1. The number of nitrogens with zero attached hydrogens (tertiary/aromatic N) is 3. The van der Waals surface area contributed by atoms with Gasteiger partial charge in [0.1, 0.15) is 5.82 Å². The molecule has 2 amide bonds. The molecule has 0 radical (unpaired) electrons. The third-order valence-electron chi connectivity index (χ3n) is 6.16. The molecule has 1 spiro atoms. The van der Waals surface area contributed by atoms with E-state index in [1.54, 1.807) is 23.1 Å². The van der Waals surface area contributed by atoms with E-state index < -0.39 is 11.6 Å². The third-order valence-corrected chi connectivity index (χ3v) is 6.16. The third kappa shape index (κ3) is 4.88. The molecule has 1 atom stereocenters. The minimum Gasteiger partial charge on any atom is -0.347 e. The monoisotopic (exact) mass is 406 g/mol. The maximum atomic E-state index is 13.9. The van der Waals surface area contributed by atoms with E-state index in [1.807, 2.05) is 0 Å². The summed E-state index contributed by atoms with van der Waals surface area (Å²) in [5, 5.41) is 2.68. The van der Waals surface area contributed by atoms with E-state index in [4.69, 9.17) is 9.47 Å². The van der Waals surface area contributed by atoms with Gasteiger partial charge in [-0.3, -0.25) is 4.90 Å². The van der Waals surface area contributed by atoms with Crippen LogP contribution in [0.15, 0.2) is 24.3 Å². The normalized spacial score (nSPS) is 27.7. The van der Waals surface area contributed by atoms with E-state index in [-0.39, 0.29) is 11.7 Å². The Labute approximate surface area is 171 Å². The molecule has 29 heavy (non-hydrogen) atoms. The first-order chi connectivity index (χ1) is 14.0. The van der Waals surface area contributed by atoms with Gasteiger partial charge in [-0.05, 0) is 51.5 Å². The van der Waals surface area contributed by atoms with Crippen LogP contribution < -0.4 is 5.32 Å². The van der Waals surface area contributed by atoms with Crippen molar-refractivity contribution < 1.29 is 18.7 Å². The molecule has 1 unspecified atom stereocenters. The van der Waals surface area contributed by atoms with E-state index in [0.29, 0.717) is 38.9 Å². The molecule has 4 rings (SSSR count). The van der Waals surface area contributed by atoms with Gasteiger partial charge in [0.05, 0.1) is 32.0 Å². The lowest BCUT2D eigenvalue weighted by molar-refractivity contribution is -0.262. The van der Waals surface area contributed by atoms with Gasteiger partial charge >= 0.3 is 6.03 Å². The van der Waals surface area contributed by atoms with Crippen molar-refractivity contribution in [3.05, 3.63) is 30.1 Å². The molecule has 3 heterocycles. The van der Waals surface area contributed by atoms with Crippen LogP contribution in [0, 0.1) is 5.82 Å². The summed E-state index contributed by atoms with van der Waals surface area (Å²) in [4.78, 5) is 19.3. The maximum Gasteiger partial charge on any atom is 0.322 e. The average Bonchev–Trinajstić information content (AvgIpc) is 2.93.